The standard InChI is InChI=1S/C11H15N3O3/c1-3-9(11(12)13)17-10-5-4-7(2)6-8(10)14(15)16/h4-6,9H,3H2,1-2H3,(H3,12,13). The van der Waals surface area contributed by atoms with E-state index in [1.807, 2.05) is 0 Å². The number of hydrogen-bond donors (Lipinski definition) is 2. The van der Waals surface area contributed by atoms with Crippen LogP contribution >= 0.6 is 0 Å². The molecule has 0 amide bonds. The Morgan fingerprint density at radius 2 is 2.29 bits per heavy atom. The van der Waals surface area contributed by atoms with Crippen molar-refractivity contribution in [2.75, 3.05) is 0 Å². The first-order valence-electron chi connectivity index (χ1n) is 5.21. The van der Waals surface area contributed by atoms with Crippen LogP contribution in [-0.4, -0.2) is 16.9 Å². The number of ether oxygens (including phenoxy) is 1. The summed E-state index contributed by atoms with van der Waals surface area (Å²) >= 11 is 0. The topological polar surface area (TPSA) is 102 Å². The van der Waals surface area contributed by atoms with Crippen molar-refractivity contribution in [1.82, 2.24) is 0 Å². The third-order valence-electron chi connectivity index (χ3n) is 2.30. The molecule has 0 aromatic heterocycles. The van der Waals surface area contributed by atoms with Gasteiger partial charge >= 0.3 is 5.69 Å². The Balaban J connectivity index is 3.05. The number of nitrogens with one attached hydrogen (secondary N) is 1. The molecule has 92 valence electrons. The van der Waals surface area contributed by atoms with Gasteiger partial charge in [0.2, 0.25) is 0 Å². The molecule has 0 aliphatic carbocycles. The number of hydrogen-bond acceptors (Lipinski definition) is 4. The van der Waals surface area contributed by atoms with Gasteiger partial charge in [-0.2, -0.15) is 0 Å². The number of amidine groups is 1. The van der Waals surface area contributed by atoms with Gasteiger partial charge in [0.25, 0.3) is 0 Å². The fourth-order valence-electron chi connectivity index (χ4n) is 1.39. The second kappa shape index (κ2) is 5.29. The van der Waals surface area contributed by atoms with Crippen LogP contribution in [0.2, 0.25) is 0 Å². The quantitative estimate of drug-likeness (QED) is 0.354. The summed E-state index contributed by atoms with van der Waals surface area (Å²) < 4.78 is 5.38. The minimum Gasteiger partial charge on any atom is -0.475 e. The van der Waals surface area contributed by atoms with Crippen molar-refractivity contribution in [2.45, 2.75) is 26.4 Å². The zero-order valence-corrected chi connectivity index (χ0v) is 9.77. The lowest BCUT2D eigenvalue weighted by Gasteiger charge is -2.15. The van der Waals surface area contributed by atoms with Gasteiger partial charge in [0.1, 0.15) is 5.84 Å². The lowest BCUT2D eigenvalue weighted by atomic mass is 10.2. The maximum Gasteiger partial charge on any atom is 0.311 e. The van der Waals surface area contributed by atoms with Crippen LogP contribution in [0.1, 0.15) is 18.9 Å². The molecule has 0 bridgehead atoms. The summed E-state index contributed by atoms with van der Waals surface area (Å²) in [6.45, 7) is 3.56. The number of nitro benzene ring substituents is 1. The Morgan fingerprint density at radius 3 is 2.76 bits per heavy atom. The van der Waals surface area contributed by atoms with Crippen molar-refractivity contribution in [2.24, 2.45) is 5.73 Å². The molecule has 6 heteroatoms. The molecule has 0 fully saturated rings. The van der Waals surface area contributed by atoms with Crippen LogP contribution < -0.4 is 10.5 Å². The van der Waals surface area contributed by atoms with Gasteiger partial charge in [-0.1, -0.05) is 13.0 Å². The van der Waals surface area contributed by atoms with E-state index >= 15 is 0 Å². The average molecular weight is 237 g/mol. The van der Waals surface area contributed by atoms with Gasteiger partial charge in [-0.15, -0.1) is 0 Å². The number of rotatable bonds is 5. The van der Waals surface area contributed by atoms with Crippen molar-refractivity contribution in [3.63, 3.8) is 0 Å². The predicted octanol–water partition coefficient (Wildman–Crippen LogP) is 2.00. The normalized spacial score (nSPS) is 11.9. The van der Waals surface area contributed by atoms with Crippen LogP contribution in [0.3, 0.4) is 0 Å². The molecule has 1 rings (SSSR count). The molecule has 1 aromatic rings. The number of benzene rings is 1. The smallest absolute Gasteiger partial charge is 0.311 e. The van der Waals surface area contributed by atoms with E-state index in [4.69, 9.17) is 15.9 Å². The van der Waals surface area contributed by atoms with E-state index in [-0.39, 0.29) is 17.3 Å². The third-order valence-corrected chi connectivity index (χ3v) is 2.30. The molecule has 17 heavy (non-hydrogen) atoms. The molecule has 6 nitrogen and oxygen atoms in total. The minimum absolute atomic E-state index is 0.107. The molecule has 1 atom stereocenters. The zero-order valence-electron chi connectivity index (χ0n) is 9.77. The number of nitrogens with two attached hydrogens (primary N) is 1. The van der Waals surface area contributed by atoms with Gasteiger partial charge in [0.15, 0.2) is 11.9 Å². The Hall–Kier alpha value is -2.11. The van der Waals surface area contributed by atoms with E-state index in [1.54, 1.807) is 19.9 Å². The van der Waals surface area contributed by atoms with Crippen LogP contribution in [-0.2, 0) is 0 Å². The van der Waals surface area contributed by atoms with Crippen molar-refractivity contribution < 1.29 is 9.66 Å². The SMILES string of the molecule is CCC(Oc1ccc(C)cc1[N+](=O)[O-])C(=N)N. The minimum atomic E-state index is -0.628. The molecule has 0 aliphatic heterocycles. The van der Waals surface area contributed by atoms with E-state index in [0.717, 1.165) is 5.56 Å². The van der Waals surface area contributed by atoms with Gasteiger partial charge in [0.05, 0.1) is 4.92 Å². The highest BCUT2D eigenvalue weighted by Crippen LogP contribution is 2.28. The Bertz CT molecular complexity index is 446. The van der Waals surface area contributed by atoms with E-state index < -0.39 is 11.0 Å². The molecule has 1 aromatic carbocycles. The predicted molar refractivity (Wildman–Crippen MR) is 64.5 cm³/mol. The molecule has 0 spiro atoms. The zero-order chi connectivity index (χ0) is 13.0. The lowest BCUT2D eigenvalue weighted by Crippen LogP contribution is -2.32. The highest BCUT2D eigenvalue weighted by atomic mass is 16.6. The summed E-state index contributed by atoms with van der Waals surface area (Å²) in [5, 5.41) is 18.2. The summed E-state index contributed by atoms with van der Waals surface area (Å²) in [6.07, 6.45) is -0.142. The van der Waals surface area contributed by atoms with E-state index in [9.17, 15) is 10.1 Å². The Morgan fingerprint density at radius 1 is 1.65 bits per heavy atom. The molecule has 1 unspecified atom stereocenters. The average Bonchev–Trinajstić information content (AvgIpc) is 2.26. The van der Waals surface area contributed by atoms with Crippen molar-refractivity contribution in [3.05, 3.63) is 33.9 Å². The number of nitro groups is 1. The van der Waals surface area contributed by atoms with Crippen LogP contribution in [0.15, 0.2) is 18.2 Å². The summed E-state index contributed by atoms with van der Waals surface area (Å²) in [4.78, 5) is 10.3. The van der Waals surface area contributed by atoms with Gasteiger partial charge in [-0.05, 0) is 25.0 Å². The van der Waals surface area contributed by atoms with E-state index in [2.05, 4.69) is 0 Å². The molecular weight excluding hydrogens is 222 g/mol. The lowest BCUT2D eigenvalue weighted by molar-refractivity contribution is -0.386. The summed E-state index contributed by atoms with van der Waals surface area (Å²) in [5.41, 5.74) is 6.01. The van der Waals surface area contributed by atoms with E-state index in [1.165, 1.54) is 12.1 Å². The van der Waals surface area contributed by atoms with Crippen LogP contribution in [0.5, 0.6) is 5.75 Å². The fourth-order valence-corrected chi connectivity index (χ4v) is 1.39. The van der Waals surface area contributed by atoms with Crippen LogP contribution in [0.4, 0.5) is 5.69 Å². The molecule has 0 saturated heterocycles. The van der Waals surface area contributed by atoms with Gasteiger partial charge in [0, 0.05) is 6.07 Å². The van der Waals surface area contributed by atoms with Gasteiger partial charge in [-0.25, -0.2) is 0 Å². The van der Waals surface area contributed by atoms with Gasteiger partial charge < -0.3 is 10.5 Å². The molecular formula is C11H15N3O3. The first-order valence-corrected chi connectivity index (χ1v) is 5.21. The maximum absolute atomic E-state index is 10.9. The third kappa shape index (κ3) is 3.17. The highest BCUT2D eigenvalue weighted by Gasteiger charge is 2.19. The summed E-state index contributed by atoms with van der Waals surface area (Å²) in [6, 6.07) is 4.68. The summed E-state index contributed by atoms with van der Waals surface area (Å²) in [7, 11) is 0. The maximum atomic E-state index is 10.9. The van der Waals surface area contributed by atoms with Crippen molar-refractivity contribution in [3.8, 4) is 5.75 Å². The Labute approximate surface area is 99.0 Å². The van der Waals surface area contributed by atoms with Crippen LogP contribution in [0, 0.1) is 22.4 Å². The second-order valence-electron chi connectivity index (χ2n) is 3.70. The molecule has 3 N–H and O–H groups in total. The monoisotopic (exact) mass is 237 g/mol. The molecule has 0 heterocycles. The highest BCUT2D eigenvalue weighted by molar-refractivity contribution is 5.82. The second-order valence-corrected chi connectivity index (χ2v) is 3.70. The molecule has 0 aliphatic rings. The molecule has 0 radical (unpaired) electrons. The van der Waals surface area contributed by atoms with Crippen LogP contribution in [0.25, 0.3) is 0 Å². The Kier molecular flexibility index (Phi) is 4.03. The largest absolute Gasteiger partial charge is 0.475 e. The van der Waals surface area contributed by atoms with Gasteiger partial charge in [-0.3, -0.25) is 15.5 Å². The molecule has 0 saturated carbocycles. The first kappa shape index (κ1) is 13.0. The first-order chi connectivity index (χ1) is 7.95. The van der Waals surface area contributed by atoms with Crippen molar-refractivity contribution in [1.29, 1.82) is 5.41 Å². The van der Waals surface area contributed by atoms with Crippen molar-refractivity contribution >= 4 is 11.5 Å². The number of aryl methyl sites for hydroxylation is 1. The van der Waals surface area contributed by atoms with E-state index in [0.29, 0.717) is 6.42 Å². The summed E-state index contributed by atoms with van der Waals surface area (Å²) in [5.74, 6) is 0.00465. The fraction of sp³-hybridized carbons (Fsp3) is 0.364. The number of nitrogens with zero attached hydrogens (tertiary/aromatic N) is 1.